The number of nitrogens with zero attached hydrogens (tertiary/aromatic N) is 1. The number of nitrogens with one attached hydrogen (secondary N) is 2. The van der Waals surface area contributed by atoms with E-state index in [2.05, 4.69) is 22.5 Å². The first-order chi connectivity index (χ1) is 13.4. The predicted molar refractivity (Wildman–Crippen MR) is 115 cm³/mol. The third kappa shape index (κ3) is 5.40. The first-order valence-corrected chi connectivity index (χ1v) is 11.0. The molecule has 0 bridgehead atoms. The summed E-state index contributed by atoms with van der Waals surface area (Å²) in [6, 6.07) is 5.86. The molecule has 0 aromatic heterocycles. The molecule has 2 aliphatic rings. The zero-order valence-corrected chi connectivity index (χ0v) is 17.7. The Morgan fingerprint density at radius 2 is 1.79 bits per heavy atom. The van der Waals surface area contributed by atoms with Gasteiger partial charge < -0.3 is 15.5 Å². The van der Waals surface area contributed by atoms with Crippen molar-refractivity contribution in [3.63, 3.8) is 0 Å². The van der Waals surface area contributed by atoms with Crippen LogP contribution < -0.4 is 15.5 Å². The van der Waals surface area contributed by atoms with Crippen LogP contribution in [0.4, 0.5) is 11.4 Å². The van der Waals surface area contributed by atoms with Gasteiger partial charge in [0, 0.05) is 30.5 Å². The molecule has 1 unspecified atom stereocenters. The van der Waals surface area contributed by atoms with Crippen molar-refractivity contribution in [3.05, 3.63) is 23.8 Å². The highest BCUT2D eigenvalue weighted by molar-refractivity contribution is 6.32. The SMILES string of the molecule is CC1CCN(c2ccc(NC(=O)C(C)Cl)cc2C(=O)NC2CCCCC2)CC1. The van der Waals surface area contributed by atoms with Crippen molar-refractivity contribution in [2.24, 2.45) is 5.92 Å². The number of halogens is 1. The lowest BCUT2D eigenvalue weighted by Gasteiger charge is -2.34. The standard InChI is InChI=1S/C22H32ClN3O2/c1-15-10-12-26(13-11-15)20-9-8-18(25-21(27)16(2)23)14-19(20)22(28)24-17-6-4-3-5-7-17/h8-9,14-17H,3-7,10-13H2,1-2H3,(H,24,28)(H,25,27). The van der Waals surface area contributed by atoms with E-state index < -0.39 is 5.38 Å². The fourth-order valence-electron chi connectivity index (χ4n) is 4.07. The van der Waals surface area contributed by atoms with Gasteiger partial charge in [-0.2, -0.15) is 0 Å². The number of rotatable bonds is 5. The minimum Gasteiger partial charge on any atom is -0.371 e. The summed E-state index contributed by atoms with van der Waals surface area (Å²) in [7, 11) is 0. The van der Waals surface area contributed by atoms with Crippen LogP contribution >= 0.6 is 11.6 Å². The van der Waals surface area contributed by atoms with Crippen LogP contribution in [-0.2, 0) is 4.79 Å². The highest BCUT2D eigenvalue weighted by Crippen LogP contribution is 2.29. The second-order valence-electron chi connectivity index (χ2n) is 8.32. The average Bonchev–Trinajstić information content (AvgIpc) is 2.69. The number of anilines is 2. The van der Waals surface area contributed by atoms with Crippen LogP contribution in [0.1, 0.15) is 69.2 Å². The summed E-state index contributed by atoms with van der Waals surface area (Å²) in [6.45, 7) is 5.82. The zero-order valence-electron chi connectivity index (χ0n) is 17.0. The van der Waals surface area contributed by atoms with Crippen molar-refractivity contribution in [3.8, 4) is 0 Å². The van der Waals surface area contributed by atoms with E-state index in [-0.39, 0.29) is 17.9 Å². The Bertz CT molecular complexity index is 693. The van der Waals surface area contributed by atoms with E-state index in [9.17, 15) is 9.59 Å². The van der Waals surface area contributed by atoms with E-state index in [1.54, 1.807) is 13.0 Å². The molecule has 2 amide bonds. The molecule has 1 aliphatic carbocycles. The second-order valence-corrected chi connectivity index (χ2v) is 8.97. The van der Waals surface area contributed by atoms with Gasteiger partial charge in [0.25, 0.3) is 5.91 Å². The van der Waals surface area contributed by atoms with E-state index in [1.807, 2.05) is 12.1 Å². The third-order valence-electron chi connectivity index (χ3n) is 5.93. The minimum atomic E-state index is -0.622. The van der Waals surface area contributed by atoms with Crippen molar-refractivity contribution in [1.29, 1.82) is 0 Å². The molecule has 1 saturated heterocycles. The highest BCUT2D eigenvalue weighted by atomic mass is 35.5. The summed E-state index contributed by atoms with van der Waals surface area (Å²) >= 11 is 5.88. The Balaban J connectivity index is 1.83. The molecule has 1 aromatic rings. The molecular weight excluding hydrogens is 374 g/mol. The van der Waals surface area contributed by atoms with Gasteiger partial charge in [0.05, 0.1) is 5.56 Å². The normalized spacial score (nSPS) is 19.9. The fourth-order valence-corrected chi connectivity index (χ4v) is 4.13. The molecule has 3 rings (SSSR count). The van der Waals surface area contributed by atoms with Crippen LogP contribution in [0.5, 0.6) is 0 Å². The Morgan fingerprint density at radius 1 is 1.11 bits per heavy atom. The van der Waals surface area contributed by atoms with Crippen LogP contribution in [0.25, 0.3) is 0 Å². The molecule has 1 aliphatic heterocycles. The third-order valence-corrected chi connectivity index (χ3v) is 6.13. The number of hydrogen-bond donors (Lipinski definition) is 2. The van der Waals surface area contributed by atoms with Gasteiger partial charge >= 0.3 is 0 Å². The smallest absolute Gasteiger partial charge is 0.253 e. The molecule has 5 nitrogen and oxygen atoms in total. The molecule has 1 saturated carbocycles. The average molecular weight is 406 g/mol. The molecule has 1 aromatic carbocycles. The summed E-state index contributed by atoms with van der Waals surface area (Å²) in [4.78, 5) is 27.4. The van der Waals surface area contributed by atoms with Crippen molar-refractivity contribution < 1.29 is 9.59 Å². The van der Waals surface area contributed by atoms with Crippen LogP contribution in [0.3, 0.4) is 0 Å². The van der Waals surface area contributed by atoms with E-state index in [0.29, 0.717) is 11.3 Å². The fraction of sp³-hybridized carbons (Fsp3) is 0.636. The maximum Gasteiger partial charge on any atom is 0.253 e. The van der Waals surface area contributed by atoms with Gasteiger partial charge in [-0.3, -0.25) is 9.59 Å². The molecule has 6 heteroatoms. The van der Waals surface area contributed by atoms with Gasteiger partial charge in [-0.15, -0.1) is 11.6 Å². The zero-order chi connectivity index (χ0) is 20.1. The summed E-state index contributed by atoms with van der Waals surface area (Å²) in [5.74, 6) is 0.412. The Hall–Kier alpha value is -1.75. The van der Waals surface area contributed by atoms with Crippen LogP contribution in [-0.4, -0.2) is 36.3 Å². The lowest BCUT2D eigenvalue weighted by molar-refractivity contribution is -0.115. The number of amides is 2. The highest BCUT2D eigenvalue weighted by Gasteiger charge is 2.24. The van der Waals surface area contributed by atoms with Crippen molar-refractivity contribution in [1.82, 2.24) is 5.32 Å². The summed E-state index contributed by atoms with van der Waals surface area (Å²) < 4.78 is 0. The maximum absolute atomic E-state index is 13.1. The van der Waals surface area contributed by atoms with Crippen molar-refractivity contribution >= 4 is 34.8 Å². The van der Waals surface area contributed by atoms with Crippen LogP contribution in [0.15, 0.2) is 18.2 Å². The molecule has 0 radical (unpaired) electrons. The molecule has 2 fully saturated rings. The topological polar surface area (TPSA) is 61.4 Å². The van der Waals surface area contributed by atoms with Crippen LogP contribution in [0, 0.1) is 5.92 Å². The quantitative estimate of drug-likeness (QED) is 0.706. The first-order valence-electron chi connectivity index (χ1n) is 10.6. The van der Waals surface area contributed by atoms with Crippen molar-refractivity contribution in [2.75, 3.05) is 23.3 Å². The van der Waals surface area contributed by atoms with Crippen LogP contribution in [0.2, 0.25) is 0 Å². The summed E-state index contributed by atoms with van der Waals surface area (Å²) in [5, 5.41) is 5.41. The maximum atomic E-state index is 13.1. The van der Waals surface area contributed by atoms with E-state index >= 15 is 0 Å². The van der Waals surface area contributed by atoms with Gasteiger partial charge in [-0.05, 0) is 56.7 Å². The summed E-state index contributed by atoms with van der Waals surface area (Å²) in [5.41, 5.74) is 2.21. The number of carbonyl (C=O) groups is 2. The first kappa shape index (κ1) is 21.0. The number of benzene rings is 1. The lowest BCUT2D eigenvalue weighted by atomic mass is 9.95. The Kier molecular flexibility index (Phi) is 7.22. The minimum absolute atomic E-state index is 0.0458. The number of alkyl halides is 1. The largest absolute Gasteiger partial charge is 0.371 e. The monoisotopic (exact) mass is 405 g/mol. The van der Waals surface area contributed by atoms with E-state index in [4.69, 9.17) is 11.6 Å². The molecular formula is C22H32ClN3O2. The number of piperidine rings is 1. The predicted octanol–water partition coefficient (Wildman–Crippen LogP) is 4.55. The van der Waals surface area contributed by atoms with Gasteiger partial charge in [0.1, 0.15) is 5.38 Å². The number of hydrogen-bond acceptors (Lipinski definition) is 3. The molecule has 0 spiro atoms. The second kappa shape index (κ2) is 9.64. The Morgan fingerprint density at radius 3 is 2.43 bits per heavy atom. The molecule has 28 heavy (non-hydrogen) atoms. The number of carbonyl (C=O) groups excluding carboxylic acids is 2. The van der Waals surface area contributed by atoms with E-state index in [0.717, 1.165) is 50.4 Å². The van der Waals surface area contributed by atoms with E-state index in [1.165, 1.54) is 19.3 Å². The lowest BCUT2D eigenvalue weighted by Crippen LogP contribution is -2.38. The summed E-state index contributed by atoms with van der Waals surface area (Å²) in [6.07, 6.45) is 7.95. The molecule has 2 N–H and O–H groups in total. The molecule has 1 heterocycles. The Labute approximate surface area is 173 Å². The van der Waals surface area contributed by atoms with Gasteiger partial charge in [-0.1, -0.05) is 26.2 Å². The van der Waals surface area contributed by atoms with Gasteiger partial charge in [0.2, 0.25) is 5.91 Å². The van der Waals surface area contributed by atoms with Gasteiger partial charge in [0.15, 0.2) is 0 Å². The molecule has 1 atom stereocenters. The molecule has 154 valence electrons. The van der Waals surface area contributed by atoms with Crippen molar-refractivity contribution in [2.45, 2.75) is 70.2 Å². The van der Waals surface area contributed by atoms with Gasteiger partial charge in [-0.25, -0.2) is 0 Å².